The first-order valence-corrected chi connectivity index (χ1v) is 8.11. The van der Waals surface area contributed by atoms with Crippen molar-refractivity contribution in [2.45, 2.75) is 64.1 Å². The van der Waals surface area contributed by atoms with Crippen molar-refractivity contribution in [3.63, 3.8) is 0 Å². The van der Waals surface area contributed by atoms with E-state index < -0.39 is 42.4 Å². The summed E-state index contributed by atoms with van der Waals surface area (Å²) in [5.41, 5.74) is 0. The van der Waals surface area contributed by atoms with Crippen molar-refractivity contribution in [3.8, 4) is 0 Å². The third-order valence-electron chi connectivity index (χ3n) is 3.33. The van der Waals surface area contributed by atoms with E-state index in [2.05, 4.69) is 16.0 Å². The van der Waals surface area contributed by atoms with Crippen LogP contribution in [0.25, 0.3) is 0 Å². The second-order valence-corrected chi connectivity index (χ2v) is 5.94. The number of carbonyl (C=O) groups excluding carboxylic acids is 1. The average Bonchev–Trinajstić information content (AvgIpc) is 2.48. The number of amides is 2. The molecule has 0 spiro atoms. The van der Waals surface area contributed by atoms with E-state index in [9.17, 15) is 19.2 Å². The lowest BCUT2D eigenvalue weighted by atomic mass is 10.1. The summed E-state index contributed by atoms with van der Waals surface area (Å²) in [5, 5.41) is 34.2. The molecule has 0 fully saturated rings. The van der Waals surface area contributed by atoms with Crippen molar-refractivity contribution in [2.24, 2.45) is 0 Å². The fraction of sp³-hybridized carbons (Fsp3) is 0.733. The van der Waals surface area contributed by atoms with Crippen molar-refractivity contribution >= 4 is 23.9 Å². The molecule has 25 heavy (non-hydrogen) atoms. The number of urea groups is 1. The van der Waals surface area contributed by atoms with E-state index >= 15 is 0 Å². The number of unbranched alkanes of at least 4 members (excludes halogenated alkanes) is 1. The largest absolute Gasteiger partial charge is 0.481 e. The highest BCUT2D eigenvalue weighted by atomic mass is 16.4. The van der Waals surface area contributed by atoms with Gasteiger partial charge in [0.15, 0.2) is 0 Å². The molecule has 0 aromatic rings. The highest BCUT2D eigenvalue weighted by molar-refractivity contribution is 5.86. The number of carbonyl (C=O) groups is 4. The predicted molar refractivity (Wildman–Crippen MR) is 88.4 cm³/mol. The molecule has 0 aliphatic rings. The molecule has 0 heterocycles. The molecular formula is C15H27N3O7. The number of hydrogen-bond acceptors (Lipinski definition) is 5. The summed E-state index contributed by atoms with van der Waals surface area (Å²) in [6, 6.07) is -3.17. The van der Waals surface area contributed by atoms with Crippen LogP contribution in [0.4, 0.5) is 4.79 Å². The molecule has 0 rings (SSSR count). The first-order valence-electron chi connectivity index (χ1n) is 8.11. The monoisotopic (exact) mass is 361 g/mol. The first kappa shape index (κ1) is 22.6. The lowest BCUT2D eigenvalue weighted by Crippen LogP contribution is -2.51. The van der Waals surface area contributed by atoms with Crippen LogP contribution in [0.15, 0.2) is 0 Å². The number of rotatable bonds is 13. The Morgan fingerprint density at radius 3 is 1.80 bits per heavy atom. The van der Waals surface area contributed by atoms with E-state index in [1.165, 1.54) is 0 Å². The topological polar surface area (TPSA) is 165 Å². The highest BCUT2D eigenvalue weighted by Gasteiger charge is 2.24. The summed E-state index contributed by atoms with van der Waals surface area (Å²) in [5.74, 6) is -3.79. The number of carboxylic acids is 3. The third kappa shape index (κ3) is 11.8. The van der Waals surface area contributed by atoms with Crippen LogP contribution < -0.4 is 16.0 Å². The normalized spacial score (nSPS) is 13.1. The second-order valence-electron chi connectivity index (χ2n) is 5.94. The van der Waals surface area contributed by atoms with Gasteiger partial charge in [-0.25, -0.2) is 14.4 Å². The zero-order valence-electron chi connectivity index (χ0n) is 14.4. The molecular weight excluding hydrogens is 334 g/mol. The van der Waals surface area contributed by atoms with Crippen molar-refractivity contribution in [1.82, 2.24) is 16.0 Å². The quantitative estimate of drug-likeness (QED) is 0.254. The van der Waals surface area contributed by atoms with Crippen molar-refractivity contribution in [2.75, 3.05) is 6.54 Å². The standard InChI is InChI=1S/C15H27N3O7/c1-9(2)16-8-4-3-5-10(13(21)22)17-15(25)18-11(14(23)24)6-7-12(19)20/h9-11,16H,3-8H2,1-2H3,(H,19,20)(H,21,22)(H,23,24)(H2,17,18,25)/t10-,11?/m0/s1. The lowest BCUT2D eigenvalue weighted by Gasteiger charge is -2.18. The van der Waals surface area contributed by atoms with Crippen LogP contribution in [-0.2, 0) is 14.4 Å². The van der Waals surface area contributed by atoms with Gasteiger partial charge in [0, 0.05) is 12.5 Å². The van der Waals surface area contributed by atoms with Gasteiger partial charge in [0.2, 0.25) is 0 Å². The van der Waals surface area contributed by atoms with Crippen LogP contribution in [0.2, 0.25) is 0 Å². The Morgan fingerprint density at radius 2 is 1.36 bits per heavy atom. The molecule has 1 unspecified atom stereocenters. The molecule has 0 saturated heterocycles. The van der Waals surface area contributed by atoms with E-state index in [1.807, 2.05) is 13.8 Å². The van der Waals surface area contributed by atoms with Gasteiger partial charge in [-0.3, -0.25) is 4.79 Å². The van der Waals surface area contributed by atoms with E-state index in [0.717, 1.165) is 13.0 Å². The maximum atomic E-state index is 11.8. The van der Waals surface area contributed by atoms with Gasteiger partial charge in [-0.05, 0) is 32.2 Å². The fourth-order valence-electron chi connectivity index (χ4n) is 2.00. The van der Waals surface area contributed by atoms with Crippen molar-refractivity contribution in [1.29, 1.82) is 0 Å². The molecule has 6 N–H and O–H groups in total. The third-order valence-corrected chi connectivity index (χ3v) is 3.33. The van der Waals surface area contributed by atoms with Gasteiger partial charge in [0.05, 0.1) is 0 Å². The van der Waals surface area contributed by atoms with Gasteiger partial charge in [-0.1, -0.05) is 13.8 Å². The zero-order chi connectivity index (χ0) is 19.4. The summed E-state index contributed by atoms with van der Waals surface area (Å²) in [4.78, 5) is 44.5. The van der Waals surface area contributed by atoms with Gasteiger partial charge in [-0.15, -0.1) is 0 Å². The van der Waals surface area contributed by atoms with Gasteiger partial charge in [-0.2, -0.15) is 0 Å². The number of nitrogens with one attached hydrogen (secondary N) is 3. The summed E-state index contributed by atoms with van der Waals surface area (Å²) >= 11 is 0. The Morgan fingerprint density at radius 1 is 0.840 bits per heavy atom. The van der Waals surface area contributed by atoms with Gasteiger partial charge < -0.3 is 31.3 Å². The Kier molecular flexibility index (Phi) is 10.9. The number of aliphatic carboxylic acids is 3. The van der Waals surface area contributed by atoms with Crippen LogP contribution in [0.5, 0.6) is 0 Å². The average molecular weight is 361 g/mol. The molecule has 0 bridgehead atoms. The molecule has 0 aromatic heterocycles. The van der Waals surface area contributed by atoms with E-state index in [-0.39, 0.29) is 12.8 Å². The molecule has 10 nitrogen and oxygen atoms in total. The zero-order valence-corrected chi connectivity index (χ0v) is 14.4. The molecule has 144 valence electrons. The molecule has 0 aliphatic heterocycles. The summed E-state index contributed by atoms with van der Waals surface area (Å²) in [6.45, 7) is 4.72. The Bertz CT molecular complexity index is 468. The predicted octanol–water partition coefficient (Wildman–Crippen LogP) is 0.225. The molecule has 2 amide bonds. The SMILES string of the molecule is CC(C)NCCCC[C@H](NC(=O)NC(CCC(=O)O)C(=O)O)C(=O)O. The molecule has 0 aliphatic carbocycles. The Labute approximate surface area is 146 Å². The molecule has 10 heteroatoms. The van der Waals surface area contributed by atoms with E-state index in [1.54, 1.807) is 0 Å². The summed E-state index contributed by atoms with van der Waals surface area (Å²) in [7, 11) is 0. The minimum absolute atomic E-state index is 0.204. The smallest absolute Gasteiger partial charge is 0.326 e. The van der Waals surface area contributed by atoms with Crippen LogP contribution in [0.1, 0.15) is 46.0 Å². The number of hydrogen-bond donors (Lipinski definition) is 6. The van der Waals surface area contributed by atoms with Crippen LogP contribution in [-0.4, -0.2) is 63.9 Å². The minimum Gasteiger partial charge on any atom is -0.481 e. The van der Waals surface area contributed by atoms with E-state index in [4.69, 9.17) is 15.3 Å². The van der Waals surface area contributed by atoms with Gasteiger partial charge in [0.25, 0.3) is 0 Å². The summed E-state index contributed by atoms with van der Waals surface area (Å²) in [6.07, 6.45) is 0.786. The highest BCUT2D eigenvalue weighted by Crippen LogP contribution is 2.03. The maximum Gasteiger partial charge on any atom is 0.326 e. The second kappa shape index (κ2) is 12.1. The van der Waals surface area contributed by atoms with Gasteiger partial charge >= 0.3 is 23.9 Å². The summed E-state index contributed by atoms with van der Waals surface area (Å²) < 4.78 is 0. The van der Waals surface area contributed by atoms with Crippen LogP contribution >= 0.6 is 0 Å². The molecule has 0 saturated carbocycles. The Hall–Kier alpha value is -2.36. The van der Waals surface area contributed by atoms with Crippen molar-refractivity contribution in [3.05, 3.63) is 0 Å². The molecule has 2 atom stereocenters. The van der Waals surface area contributed by atoms with Crippen LogP contribution in [0.3, 0.4) is 0 Å². The van der Waals surface area contributed by atoms with Gasteiger partial charge in [0.1, 0.15) is 12.1 Å². The van der Waals surface area contributed by atoms with Crippen molar-refractivity contribution < 1.29 is 34.5 Å². The lowest BCUT2D eigenvalue weighted by molar-refractivity contribution is -0.140. The fourth-order valence-corrected chi connectivity index (χ4v) is 2.00. The first-order chi connectivity index (χ1) is 11.6. The Balaban J connectivity index is 4.39. The molecule has 0 aromatic carbocycles. The minimum atomic E-state index is -1.40. The maximum absolute atomic E-state index is 11.8. The van der Waals surface area contributed by atoms with Crippen LogP contribution in [0, 0.1) is 0 Å². The number of carboxylic acid groups (broad SMARTS) is 3. The molecule has 0 radical (unpaired) electrons. The van der Waals surface area contributed by atoms with E-state index in [0.29, 0.717) is 12.5 Å².